The second-order valence-corrected chi connectivity index (χ2v) is 5.52. The van der Waals surface area contributed by atoms with E-state index in [1.807, 2.05) is 4.90 Å². The number of aromatic nitrogens is 3. The summed E-state index contributed by atoms with van der Waals surface area (Å²) in [4.78, 5) is 24.3. The Morgan fingerprint density at radius 3 is 2.95 bits per heavy atom. The molecule has 3 rings (SSSR count). The van der Waals surface area contributed by atoms with E-state index in [9.17, 15) is 9.18 Å². The van der Waals surface area contributed by atoms with Gasteiger partial charge < -0.3 is 15.3 Å². The van der Waals surface area contributed by atoms with Crippen molar-refractivity contribution in [1.29, 1.82) is 0 Å². The molecule has 1 fully saturated rings. The largest absolute Gasteiger partial charge is 0.465 e. The molecule has 1 unspecified atom stereocenters. The fraction of sp³-hybridized carbons (Fsp3) is 0.333. The second-order valence-electron chi connectivity index (χ2n) is 4.82. The van der Waals surface area contributed by atoms with Gasteiger partial charge >= 0.3 is 6.09 Å². The van der Waals surface area contributed by atoms with Crippen molar-refractivity contribution in [2.75, 3.05) is 18.0 Å². The number of pyridine rings is 1. The number of fused-ring (bicyclic) bond motifs is 1. The average molecular weight is 346 g/mol. The molecule has 0 saturated carbocycles. The van der Waals surface area contributed by atoms with Crippen LogP contribution < -0.4 is 10.2 Å². The van der Waals surface area contributed by atoms with E-state index in [0.717, 1.165) is 0 Å². The monoisotopic (exact) mass is 345 g/mol. The zero-order valence-corrected chi connectivity index (χ0v) is 12.6. The first-order valence-corrected chi connectivity index (χ1v) is 7.13. The number of hydrogen-bond acceptors (Lipinski definition) is 5. The van der Waals surface area contributed by atoms with Crippen molar-refractivity contribution in [3.63, 3.8) is 0 Å². The number of nitrogens with one attached hydrogen (secondary N) is 1. The lowest BCUT2D eigenvalue weighted by atomic mass is 10.2. The van der Waals surface area contributed by atoms with Gasteiger partial charge in [-0.3, -0.25) is 0 Å². The molecule has 0 aliphatic carbocycles. The molecular formula is C12H10Cl2FN5O2. The van der Waals surface area contributed by atoms with Crippen LogP contribution in [0.1, 0.15) is 6.42 Å². The van der Waals surface area contributed by atoms with Gasteiger partial charge in [0, 0.05) is 19.3 Å². The van der Waals surface area contributed by atoms with Crippen LogP contribution in [0.5, 0.6) is 0 Å². The highest BCUT2D eigenvalue weighted by Crippen LogP contribution is 2.30. The molecule has 1 atom stereocenters. The summed E-state index contributed by atoms with van der Waals surface area (Å²) in [6.07, 6.45) is 0.903. The summed E-state index contributed by atoms with van der Waals surface area (Å²) in [6, 6.07) is -0.230. The third-order valence-electron chi connectivity index (χ3n) is 3.41. The molecule has 22 heavy (non-hydrogen) atoms. The predicted molar refractivity (Wildman–Crippen MR) is 79.1 cm³/mol. The van der Waals surface area contributed by atoms with Crippen LogP contribution in [0, 0.1) is 5.82 Å². The number of rotatable bonds is 2. The van der Waals surface area contributed by atoms with Crippen molar-refractivity contribution < 1.29 is 14.3 Å². The van der Waals surface area contributed by atoms with Gasteiger partial charge in [-0.1, -0.05) is 11.6 Å². The smallest absolute Gasteiger partial charge is 0.404 e. The Hall–Kier alpha value is -1.93. The quantitative estimate of drug-likeness (QED) is 0.641. The van der Waals surface area contributed by atoms with Crippen LogP contribution in [-0.4, -0.2) is 45.3 Å². The van der Waals surface area contributed by atoms with E-state index in [1.165, 1.54) is 6.20 Å². The van der Waals surface area contributed by atoms with E-state index in [4.69, 9.17) is 28.3 Å². The Labute approximate surface area is 134 Å². The van der Waals surface area contributed by atoms with Gasteiger partial charge in [0.05, 0.1) is 11.4 Å². The van der Waals surface area contributed by atoms with Gasteiger partial charge in [0.1, 0.15) is 11.3 Å². The van der Waals surface area contributed by atoms with Crippen molar-refractivity contribution in [2.24, 2.45) is 0 Å². The first-order chi connectivity index (χ1) is 10.5. The van der Waals surface area contributed by atoms with Crippen LogP contribution >= 0.6 is 23.2 Å². The summed E-state index contributed by atoms with van der Waals surface area (Å²) in [5, 5.41) is 11.1. The van der Waals surface area contributed by atoms with Gasteiger partial charge in [-0.25, -0.2) is 19.2 Å². The Morgan fingerprint density at radius 2 is 2.23 bits per heavy atom. The topological polar surface area (TPSA) is 91.2 Å². The zero-order chi connectivity index (χ0) is 15.9. The first-order valence-electron chi connectivity index (χ1n) is 6.37. The predicted octanol–water partition coefficient (Wildman–Crippen LogP) is 2.32. The van der Waals surface area contributed by atoms with Crippen LogP contribution in [0.2, 0.25) is 10.4 Å². The fourth-order valence-electron chi connectivity index (χ4n) is 2.48. The molecule has 0 bridgehead atoms. The van der Waals surface area contributed by atoms with Crippen molar-refractivity contribution in [1.82, 2.24) is 20.3 Å². The summed E-state index contributed by atoms with van der Waals surface area (Å²) in [5.41, 5.74) is -0.00959. The van der Waals surface area contributed by atoms with Gasteiger partial charge in [-0.15, -0.1) is 0 Å². The molecule has 1 amide bonds. The SMILES string of the molecule is O=C(O)NC1CCN(c2nc(Cl)nc3c(F)c(Cl)ncc23)C1. The van der Waals surface area contributed by atoms with E-state index < -0.39 is 11.9 Å². The first kappa shape index (κ1) is 15.0. The van der Waals surface area contributed by atoms with E-state index >= 15 is 0 Å². The molecule has 2 aromatic heterocycles. The van der Waals surface area contributed by atoms with Crippen molar-refractivity contribution in [3.05, 3.63) is 22.5 Å². The van der Waals surface area contributed by atoms with Crippen molar-refractivity contribution in [2.45, 2.75) is 12.5 Å². The Morgan fingerprint density at radius 1 is 1.45 bits per heavy atom. The van der Waals surface area contributed by atoms with Crippen molar-refractivity contribution >= 4 is 46.0 Å². The minimum Gasteiger partial charge on any atom is -0.465 e. The summed E-state index contributed by atoms with van der Waals surface area (Å²) >= 11 is 11.5. The molecule has 7 nitrogen and oxygen atoms in total. The van der Waals surface area contributed by atoms with Gasteiger partial charge in [0.25, 0.3) is 0 Å². The summed E-state index contributed by atoms with van der Waals surface area (Å²) in [7, 11) is 0. The number of carboxylic acid groups (broad SMARTS) is 1. The standard InChI is InChI=1S/C12H10Cl2FN5O2/c13-9-7(15)8-6(3-16-9)10(19-11(14)18-8)20-2-1-5(4-20)17-12(21)22/h3,5,17H,1-2,4H2,(H,21,22). The average Bonchev–Trinajstić information content (AvgIpc) is 2.90. The number of anilines is 1. The maximum absolute atomic E-state index is 14.0. The number of carbonyl (C=O) groups is 1. The molecule has 1 aliphatic heterocycles. The molecular weight excluding hydrogens is 336 g/mol. The Bertz CT molecular complexity index is 760. The highest BCUT2D eigenvalue weighted by atomic mass is 35.5. The van der Waals surface area contributed by atoms with E-state index in [-0.39, 0.29) is 22.0 Å². The number of hydrogen-bond donors (Lipinski definition) is 2. The number of halogens is 3. The number of nitrogens with zero attached hydrogens (tertiary/aromatic N) is 4. The Balaban J connectivity index is 2.01. The maximum atomic E-state index is 14.0. The Kier molecular flexibility index (Phi) is 3.88. The van der Waals surface area contributed by atoms with Gasteiger partial charge in [-0.2, -0.15) is 4.98 Å². The summed E-state index contributed by atoms with van der Waals surface area (Å²) in [6.45, 7) is 0.955. The van der Waals surface area contributed by atoms with Crippen LogP contribution in [0.25, 0.3) is 10.9 Å². The second kappa shape index (κ2) is 5.69. The normalized spacial score (nSPS) is 18.0. The highest BCUT2D eigenvalue weighted by Gasteiger charge is 2.27. The number of amides is 1. The van der Waals surface area contributed by atoms with Gasteiger partial charge in [0.2, 0.25) is 5.28 Å². The minimum atomic E-state index is -1.09. The molecule has 2 aromatic rings. The molecule has 1 aliphatic rings. The van der Waals surface area contributed by atoms with Crippen LogP contribution in [0.4, 0.5) is 15.0 Å². The van der Waals surface area contributed by atoms with Gasteiger partial charge in [0.15, 0.2) is 11.0 Å². The van der Waals surface area contributed by atoms with Gasteiger partial charge in [-0.05, 0) is 18.0 Å². The van der Waals surface area contributed by atoms with E-state index in [1.54, 1.807) is 0 Å². The molecule has 0 spiro atoms. The van der Waals surface area contributed by atoms with Crippen LogP contribution in [-0.2, 0) is 0 Å². The lowest BCUT2D eigenvalue weighted by Gasteiger charge is -2.19. The third kappa shape index (κ3) is 2.71. The maximum Gasteiger partial charge on any atom is 0.404 e. The molecule has 0 aromatic carbocycles. The van der Waals surface area contributed by atoms with Crippen LogP contribution in [0.3, 0.4) is 0 Å². The molecule has 2 N–H and O–H groups in total. The van der Waals surface area contributed by atoms with Crippen molar-refractivity contribution in [3.8, 4) is 0 Å². The van der Waals surface area contributed by atoms with Crippen LogP contribution in [0.15, 0.2) is 6.20 Å². The van der Waals surface area contributed by atoms with E-state index in [2.05, 4.69) is 20.3 Å². The molecule has 1 saturated heterocycles. The lowest BCUT2D eigenvalue weighted by Crippen LogP contribution is -2.36. The zero-order valence-electron chi connectivity index (χ0n) is 11.1. The lowest BCUT2D eigenvalue weighted by molar-refractivity contribution is 0.191. The summed E-state index contributed by atoms with van der Waals surface area (Å²) in [5.74, 6) is -0.350. The minimum absolute atomic E-state index is 0.00959. The van der Waals surface area contributed by atoms with E-state index in [0.29, 0.717) is 30.7 Å². The highest BCUT2D eigenvalue weighted by molar-refractivity contribution is 6.30. The molecule has 116 valence electrons. The summed E-state index contributed by atoms with van der Waals surface area (Å²) < 4.78 is 14.0. The third-order valence-corrected chi connectivity index (χ3v) is 3.84. The fourth-order valence-corrected chi connectivity index (χ4v) is 2.78. The molecule has 3 heterocycles. The molecule has 10 heteroatoms. The molecule has 0 radical (unpaired) electrons.